The maximum Gasteiger partial charge on any atom is 0.154 e. The lowest BCUT2D eigenvalue weighted by atomic mass is 9.90. The smallest absolute Gasteiger partial charge is 0.154 e. The topological polar surface area (TPSA) is 18.5 Å². The highest BCUT2D eigenvalue weighted by Crippen LogP contribution is 2.38. The molecule has 2 nitrogen and oxygen atoms in total. The molecular formula is C10H12O2. The Kier molecular flexibility index (Phi) is 1.67. The second-order valence-corrected chi connectivity index (χ2v) is 3.29. The van der Waals surface area contributed by atoms with E-state index in [0.717, 1.165) is 0 Å². The van der Waals surface area contributed by atoms with Crippen LogP contribution >= 0.6 is 0 Å². The van der Waals surface area contributed by atoms with E-state index >= 15 is 0 Å². The monoisotopic (exact) mass is 164 g/mol. The molecule has 0 N–H and O–H groups in total. The zero-order valence-corrected chi connectivity index (χ0v) is 7.28. The van der Waals surface area contributed by atoms with E-state index in [-0.39, 0.29) is 11.7 Å². The van der Waals surface area contributed by atoms with Crippen LogP contribution in [-0.2, 0) is 15.4 Å². The summed E-state index contributed by atoms with van der Waals surface area (Å²) in [5, 5.41) is 0. The van der Waals surface area contributed by atoms with Crippen molar-refractivity contribution in [2.24, 2.45) is 0 Å². The molecule has 2 unspecified atom stereocenters. The van der Waals surface area contributed by atoms with Crippen LogP contribution in [0.25, 0.3) is 0 Å². The summed E-state index contributed by atoms with van der Waals surface area (Å²) in [5.74, 6) is 0. The van der Waals surface area contributed by atoms with E-state index in [1.54, 1.807) is 0 Å². The summed E-state index contributed by atoms with van der Waals surface area (Å²) < 4.78 is 0. The van der Waals surface area contributed by atoms with Crippen molar-refractivity contribution in [2.45, 2.75) is 25.6 Å². The van der Waals surface area contributed by atoms with Crippen LogP contribution in [0.5, 0.6) is 0 Å². The lowest BCUT2D eigenvalue weighted by molar-refractivity contribution is -0.509. The van der Waals surface area contributed by atoms with Gasteiger partial charge in [0.25, 0.3) is 0 Å². The second-order valence-electron chi connectivity index (χ2n) is 3.29. The van der Waals surface area contributed by atoms with Gasteiger partial charge in [0, 0.05) is 0 Å². The van der Waals surface area contributed by atoms with Crippen LogP contribution in [0.1, 0.15) is 19.4 Å². The van der Waals surface area contributed by atoms with E-state index in [0.29, 0.717) is 0 Å². The Balaban J connectivity index is 2.31. The van der Waals surface area contributed by atoms with Gasteiger partial charge in [0.1, 0.15) is 6.10 Å². The standard InChI is InChI=1S/C10H12O2/c1-8-10(2,12-11-8)9-6-4-3-5-7-9/h3-8H,1-2H3. The minimum atomic E-state index is -0.249. The van der Waals surface area contributed by atoms with E-state index in [4.69, 9.17) is 9.78 Å². The zero-order chi connectivity index (χ0) is 8.60. The van der Waals surface area contributed by atoms with Crippen molar-refractivity contribution in [3.8, 4) is 0 Å². The zero-order valence-electron chi connectivity index (χ0n) is 7.28. The van der Waals surface area contributed by atoms with Gasteiger partial charge in [-0.3, -0.25) is 0 Å². The molecule has 0 aromatic heterocycles. The van der Waals surface area contributed by atoms with Gasteiger partial charge in [-0.25, -0.2) is 9.78 Å². The minimum absolute atomic E-state index is 0.139. The molecule has 1 saturated heterocycles. The predicted octanol–water partition coefficient (Wildman–Crippen LogP) is 2.25. The molecule has 2 atom stereocenters. The molecule has 0 aliphatic carbocycles. The first kappa shape index (κ1) is 7.77. The lowest BCUT2D eigenvalue weighted by Gasteiger charge is -2.42. The van der Waals surface area contributed by atoms with Gasteiger partial charge in [-0.2, -0.15) is 0 Å². The molecule has 64 valence electrons. The van der Waals surface area contributed by atoms with Crippen LogP contribution in [0.15, 0.2) is 30.3 Å². The molecular weight excluding hydrogens is 152 g/mol. The Morgan fingerprint density at radius 3 is 2.33 bits per heavy atom. The molecule has 1 aliphatic rings. The molecule has 0 spiro atoms. The van der Waals surface area contributed by atoms with Crippen molar-refractivity contribution >= 4 is 0 Å². The number of benzene rings is 1. The van der Waals surface area contributed by atoms with Crippen LogP contribution in [-0.4, -0.2) is 6.10 Å². The molecule has 1 aliphatic heterocycles. The third-order valence-electron chi connectivity index (χ3n) is 2.49. The molecule has 2 rings (SSSR count). The summed E-state index contributed by atoms with van der Waals surface area (Å²) >= 11 is 0. The quantitative estimate of drug-likeness (QED) is 0.593. The van der Waals surface area contributed by atoms with Gasteiger partial charge in [-0.15, -0.1) is 0 Å². The summed E-state index contributed by atoms with van der Waals surface area (Å²) in [7, 11) is 0. The summed E-state index contributed by atoms with van der Waals surface area (Å²) in [5.41, 5.74) is 0.921. The fourth-order valence-electron chi connectivity index (χ4n) is 1.34. The summed E-state index contributed by atoms with van der Waals surface area (Å²) in [4.78, 5) is 10.0. The van der Waals surface area contributed by atoms with Gasteiger partial charge in [0.15, 0.2) is 5.60 Å². The average molecular weight is 164 g/mol. The van der Waals surface area contributed by atoms with Crippen molar-refractivity contribution in [2.75, 3.05) is 0 Å². The molecule has 1 heterocycles. The van der Waals surface area contributed by atoms with Crippen molar-refractivity contribution in [3.63, 3.8) is 0 Å². The Morgan fingerprint density at radius 2 is 1.92 bits per heavy atom. The van der Waals surface area contributed by atoms with Crippen molar-refractivity contribution < 1.29 is 9.78 Å². The number of rotatable bonds is 1. The maximum absolute atomic E-state index is 5.12. The Morgan fingerprint density at radius 1 is 1.25 bits per heavy atom. The van der Waals surface area contributed by atoms with Gasteiger partial charge in [-0.1, -0.05) is 30.3 Å². The predicted molar refractivity (Wildman–Crippen MR) is 45.4 cm³/mol. The normalized spacial score (nSPS) is 34.3. The van der Waals surface area contributed by atoms with Crippen LogP contribution in [0.3, 0.4) is 0 Å². The van der Waals surface area contributed by atoms with E-state index in [2.05, 4.69) is 12.1 Å². The van der Waals surface area contributed by atoms with Gasteiger partial charge in [0.2, 0.25) is 0 Å². The second kappa shape index (κ2) is 2.57. The lowest BCUT2D eigenvalue weighted by Crippen LogP contribution is -2.49. The first-order chi connectivity index (χ1) is 5.73. The van der Waals surface area contributed by atoms with Crippen molar-refractivity contribution in [1.82, 2.24) is 0 Å². The average Bonchev–Trinajstić information content (AvgIpc) is 2.16. The van der Waals surface area contributed by atoms with E-state index in [9.17, 15) is 0 Å². The van der Waals surface area contributed by atoms with E-state index < -0.39 is 0 Å². The highest BCUT2D eigenvalue weighted by atomic mass is 17.3. The van der Waals surface area contributed by atoms with Crippen LogP contribution in [0.4, 0.5) is 0 Å². The molecule has 2 heteroatoms. The first-order valence-corrected chi connectivity index (χ1v) is 4.13. The van der Waals surface area contributed by atoms with Crippen LogP contribution in [0, 0.1) is 0 Å². The Bertz CT molecular complexity index is 270. The van der Waals surface area contributed by atoms with Gasteiger partial charge >= 0.3 is 0 Å². The molecule has 0 radical (unpaired) electrons. The SMILES string of the molecule is CC1OOC1(C)c1ccccc1. The number of hydrogen-bond donors (Lipinski definition) is 0. The molecule has 1 aromatic rings. The summed E-state index contributed by atoms with van der Waals surface area (Å²) in [6, 6.07) is 10.1. The van der Waals surface area contributed by atoms with Gasteiger partial charge in [-0.05, 0) is 19.4 Å². The third kappa shape index (κ3) is 0.958. The maximum atomic E-state index is 5.12. The van der Waals surface area contributed by atoms with E-state index in [1.807, 2.05) is 32.0 Å². The highest BCUT2D eigenvalue weighted by molar-refractivity contribution is 5.23. The molecule has 1 aromatic carbocycles. The largest absolute Gasteiger partial charge is 0.229 e. The summed E-state index contributed by atoms with van der Waals surface area (Å²) in [6.07, 6.45) is 0.139. The fourth-order valence-corrected chi connectivity index (χ4v) is 1.34. The van der Waals surface area contributed by atoms with Crippen molar-refractivity contribution in [3.05, 3.63) is 35.9 Å². The van der Waals surface area contributed by atoms with Gasteiger partial charge in [0.05, 0.1) is 0 Å². The summed E-state index contributed by atoms with van der Waals surface area (Å²) in [6.45, 7) is 4.05. The fraction of sp³-hybridized carbons (Fsp3) is 0.400. The molecule has 1 fully saturated rings. The van der Waals surface area contributed by atoms with E-state index in [1.165, 1.54) is 5.56 Å². The Hall–Kier alpha value is -0.860. The first-order valence-electron chi connectivity index (χ1n) is 4.13. The molecule has 0 saturated carbocycles. The molecule has 12 heavy (non-hydrogen) atoms. The molecule has 0 amide bonds. The third-order valence-corrected chi connectivity index (χ3v) is 2.49. The number of hydrogen-bond acceptors (Lipinski definition) is 2. The molecule has 0 bridgehead atoms. The van der Waals surface area contributed by atoms with Crippen molar-refractivity contribution in [1.29, 1.82) is 0 Å². The highest BCUT2D eigenvalue weighted by Gasteiger charge is 2.45. The van der Waals surface area contributed by atoms with Crippen LogP contribution < -0.4 is 0 Å². The Labute approximate surface area is 72.0 Å². The van der Waals surface area contributed by atoms with Gasteiger partial charge < -0.3 is 0 Å². The minimum Gasteiger partial charge on any atom is -0.229 e. The van der Waals surface area contributed by atoms with Crippen LogP contribution in [0.2, 0.25) is 0 Å².